The van der Waals surface area contributed by atoms with Gasteiger partial charge in [0.1, 0.15) is 0 Å². The highest BCUT2D eigenvalue weighted by Crippen LogP contribution is 2.21. The molecule has 13 heavy (non-hydrogen) atoms. The Hall–Kier alpha value is -1.20. The molecular weight excluding hydrogens is 162 g/mol. The lowest BCUT2D eigenvalue weighted by molar-refractivity contribution is 0.127. The molecule has 2 heteroatoms. The average molecular weight is 177 g/mol. The molecule has 0 saturated carbocycles. The third-order valence-electron chi connectivity index (χ3n) is 2.02. The van der Waals surface area contributed by atoms with Crippen molar-refractivity contribution >= 4 is 0 Å². The van der Waals surface area contributed by atoms with Crippen LogP contribution in [0.4, 0.5) is 0 Å². The van der Waals surface area contributed by atoms with Crippen molar-refractivity contribution in [3.8, 4) is 12.3 Å². The van der Waals surface area contributed by atoms with Gasteiger partial charge in [0.05, 0.1) is 12.6 Å². The van der Waals surface area contributed by atoms with Crippen LogP contribution in [0, 0.1) is 18.3 Å². The summed E-state index contributed by atoms with van der Waals surface area (Å²) in [4.78, 5) is 0. The summed E-state index contributed by atoms with van der Waals surface area (Å²) >= 11 is 0. The summed E-state index contributed by atoms with van der Waals surface area (Å²) in [6, 6.07) is 1.90. The smallest absolute Gasteiger partial charge is 0.0829 e. The maximum absolute atomic E-state index is 9.71. The molecule has 0 bridgehead atoms. The molecule has 1 aromatic rings. The van der Waals surface area contributed by atoms with E-state index in [9.17, 15) is 5.11 Å². The van der Waals surface area contributed by atoms with Crippen LogP contribution in [0.5, 0.6) is 0 Å². The number of hydrogen-bond acceptors (Lipinski definition) is 1. The fraction of sp³-hybridized carbons (Fsp3) is 0.455. The van der Waals surface area contributed by atoms with Gasteiger partial charge in [-0.25, -0.2) is 0 Å². The summed E-state index contributed by atoms with van der Waals surface area (Å²) in [5.74, 6) is 2.78. The topological polar surface area (TPSA) is 25.2 Å². The van der Waals surface area contributed by atoms with Crippen LogP contribution in [0.25, 0.3) is 0 Å². The second-order valence-electron chi connectivity index (χ2n) is 3.51. The van der Waals surface area contributed by atoms with Gasteiger partial charge in [-0.15, -0.1) is 6.42 Å². The SMILES string of the molecule is C#CCn1ccc(C(O)C(C)C)c1. The standard InChI is InChI=1S/C11H15NO/c1-4-6-12-7-5-10(8-12)11(13)9(2)3/h1,5,7-9,11,13H,6H2,2-3H3. The maximum Gasteiger partial charge on any atom is 0.0829 e. The van der Waals surface area contributed by atoms with E-state index < -0.39 is 0 Å². The summed E-state index contributed by atoms with van der Waals surface area (Å²) in [5.41, 5.74) is 0.935. The summed E-state index contributed by atoms with van der Waals surface area (Å²) in [5, 5.41) is 9.71. The highest BCUT2D eigenvalue weighted by atomic mass is 16.3. The Morgan fingerprint density at radius 3 is 2.85 bits per heavy atom. The Morgan fingerprint density at radius 2 is 2.31 bits per heavy atom. The Kier molecular flexibility index (Phi) is 3.16. The summed E-state index contributed by atoms with van der Waals surface area (Å²) < 4.78 is 1.89. The van der Waals surface area contributed by atoms with Crippen LogP contribution in [0.3, 0.4) is 0 Å². The zero-order chi connectivity index (χ0) is 9.84. The summed E-state index contributed by atoms with van der Waals surface area (Å²) in [7, 11) is 0. The Balaban J connectivity index is 2.74. The molecule has 0 aliphatic rings. The van der Waals surface area contributed by atoms with E-state index in [0.717, 1.165) is 5.56 Å². The van der Waals surface area contributed by atoms with Crippen LogP contribution in [-0.2, 0) is 6.54 Å². The second kappa shape index (κ2) is 4.15. The molecule has 0 aliphatic heterocycles. The van der Waals surface area contributed by atoms with Crippen molar-refractivity contribution in [1.29, 1.82) is 0 Å². The van der Waals surface area contributed by atoms with Crippen LogP contribution in [0.1, 0.15) is 25.5 Å². The molecule has 0 spiro atoms. The molecule has 0 aromatic carbocycles. The Bertz CT molecular complexity index is 306. The van der Waals surface area contributed by atoms with E-state index in [4.69, 9.17) is 6.42 Å². The molecule has 0 saturated heterocycles. The molecule has 1 atom stereocenters. The predicted octanol–water partition coefficient (Wildman–Crippen LogP) is 1.81. The number of aromatic nitrogens is 1. The number of hydrogen-bond donors (Lipinski definition) is 1. The predicted molar refractivity (Wildman–Crippen MR) is 53.1 cm³/mol. The van der Waals surface area contributed by atoms with Gasteiger partial charge in [-0.2, -0.15) is 0 Å². The van der Waals surface area contributed by atoms with Crippen LogP contribution < -0.4 is 0 Å². The van der Waals surface area contributed by atoms with Gasteiger partial charge in [-0.1, -0.05) is 19.8 Å². The Labute approximate surface area is 79.2 Å². The fourth-order valence-corrected chi connectivity index (χ4v) is 1.22. The minimum absolute atomic E-state index is 0.238. The number of rotatable bonds is 3. The molecule has 1 N–H and O–H groups in total. The minimum atomic E-state index is -0.390. The molecule has 0 radical (unpaired) electrons. The Morgan fingerprint density at radius 1 is 1.62 bits per heavy atom. The summed E-state index contributed by atoms with van der Waals surface area (Å²) in [6.45, 7) is 4.54. The number of terminal acetylenes is 1. The largest absolute Gasteiger partial charge is 0.388 e. The monoisotopic (exact) mass is 177 g/mol. The zero-order valence-electron chi connectivity index (χ0n) is 8.07. The van der Waals surface area contributed by atoms with Crippen LogP contribution in [0.2, 0.25) is 0 Å². The van der Waals surface area contributed by atoms with Crippen molar-refractivity contribution in [2.75, 3.05) is 0 Å². The van der Waals surface area contributed by atoms with Crippen molar-refractivity contribution < 1.29 is 5.11 Å². The van der Waals surface area contributed by atoms with Crippen LogP contribution in [-0.4, -0.2) is 9.67 Å². The number of aliphatic hydroxyl groups is 1. The molecule has 0 aliphatic carbocycles. The minimum Gasteiger partial charge on any atom is -0.388 e. The van der Waals surface area contributed by atoms with E-state index in [-0.39, 0.29) is 12.0 Å². The molecular formula is C11H15NO. The molecule has 0 amide bonds. The van der Waals surface area contributed by atoms with Gasteiger partial charge in [-0.05, 0) is 17.5 Å². The molecule has 1 aromatic heterocycles. The third-order valence-corrected chi connectivity index (χ3v) is 2.02. The molecule has 1 heterocycles. The quantitative estimate of drug-likeness (QED) is 0.700. The van der Waals surface area contributed by atoms with E-state index in [1.165, 1.54) is 0 Å². The van der Waals surface area contributed by atoms with Crippen molar-refractivity contribution in [1.82, 2.24) is 4.57 Å². The molecule has 1 rings (SSSR count). The van der Waals surface area contributed by atoms with Crippen molar-refractivity contribution in [2.45, 2.75) is 26.5 Å². The van der Waals surface area contributed by atoms with Gasteiger partial charge in [0, 0.05) is 12.4 Å². The zero-order valence-corrected chi connectivity index (χ0v) is 8.07. The first-order chi connectivity index (χ1) is 6.15. The van der Waals surface area contributed by atoms with Crippen LogP contribution in [0.15, 0.2) is 18.5 Å². The normalized spacial score (nSPS) is 12.8. The highest BCUT2D eigenvalue weighted by molar-refractivity contribution is 5.14. The first kappa shape index (κ1) is 9.88. The van der Waals surface area contributed by atoms with Crippen molar-refractivity contribution in [2.24, 2.45) is 5.92 Å². The van der Waals surface area contributed by atoms with Gasteiger partial charge < -0.3 is 9.67 Å². The second-order valence-corrected chi connectivity index (χ2v) is 3.51. The van der Waals surface area contributed by atoms with Gasteiger partial charge in [0.2, 0.25) is 0 Å². The lowest BCUT2D eigenvalue weighted by atomic mass is 10.0. The average Bonchev–Trinajstić information content (AvgIpc) is 2.52. The summed E-state index contributed by atoms with van der Waals surface area (Å²) in [6.07, 6.45) is 8.57. The number of nitrogens with zero attached hydrogens (tertiary/aromatic N) is 1. The van der Waals surface area contributed by atoms with Crippen LogP contribution >= 0.6 is 0 Å². The lowest BCUT2D eigenvalue weighted by Crippen LogP contribution is -2.04. The van der Waals surface area contributed by atoms with Crippen molar-refractivity contribution in [3.63, 3.8) is 0 Å². The third kappa shape index (κ3) is 2.37. The van der Waals surface area contributed by atoms with E-state index in [0.29, 0.717) is 6.54 Å². The highest BCUT2D eigenvalue weighted by Gasteiger charge is 2.12. The lowest BCUT2D eigenvalue weighted by Gasteiger charge is -2.11. The van der Waals surface area contributed by atoms with Gasteiger partial charge >= 0.3 is 0 Å². The molecule has 70 valence electrons. The van der Waals surface area contributed by atoms with Gasteiger partial charge in [-0.3, -0.25) is 0 Å². The first-order valence-electron chi connectivity index (χ1n) is 4.42. The fourth-order valence-electron chi connectivity index (χ4n) is 1.22. The first-order valence-corrected chi connectivity index (χ1v) is 4.42. The van der Waals surface area contributed by atoms with E-state index in [2.05, 4.69) is 5.92 Å². The number of aliphatic hydroxyl groups excluding tert-OH is 1. The maximum atomic E-state index is 9.71. The van der Waals surface area contributed by atoms with E-state index in [1.54, 1.807) is 0 Å². The van der Waals surface area contributed by atoms with E-state index >= 15 is 0 Å². The van der Waals surface area contributed by atoms with Gasteiger partial charge in [0.25, 0.3) is 0 Å². The van der Waals surface area contributed by atoms with E-state index in [1.807, 2.05) is 36.9 Å². The van der Waals surface area contributed by atoms with Crippen molar-refractivity contribution in [3.05, 3.63) is 24.0 Å². The molecule has 1 unspecified atom stereocenters. The molecule has 2 nitrogen and oxygen atoms in total. The van der Waals surface area contributed by atoms with Gasteiger partial charge in [0.15, 0.2) is 0 Å². The molecule has 0 fully saturated rings.